The third-order valence-corrected chi connectivity index (χ3v) is 4.89. The van der Waals surface area contributed by atoms with Crippen molar-refractivity contribution >= 4 is 23.1 Å². The highest BCUT2D eigenvalue weighted by Crippen LogP contribution is 2.52. The summed E-state index contributed by atoms with van der Waals surface area (Å²) in [4.78, 5) is 13.2. The first kappa shape index (κ1) is 15.9. The highest BCUT2D eigenvalue weighted by molar-refractivity contribution is 6.36. The molecule has 0 amide bonds. The Labute approximate surface area is 139 Å². The van der Waals surface area contributed by atoms with Gasteiger partial charge in [0, 0.05) is 12.0 Å². The van der Waals surface area contributed by atoms with Crippen LogP contribution in [0.1, 0.15) is 30.6 Å². The second-order valence-electron chi connectivity index (χ2n) is 5.98. The lowest BCUT2D eigenvalue weighted by Gasteiger charge is -2.36. The summed E-state index contributed by atoms with van der Waals surface area (Å²) in [6, 6.07) is 1.57. The molecule has 2 aliphatic rings. The Bertz CT molecular complexity index is 755. The zero-order valence-electron chi connectivity index (χ0n) is 13.5. The summed E-state index contributed by atoms with van der Waals surface area (Å²) in [6.07, 6.45) is 2.38. The van der Waals surface area contributed by atoms with Crippen LogP contribution in [0.3, 0.4) is 0 Å². The molecule has 0 aromatic heterocycles. The Balaban J connectivity index is 2.23. The smallest absolute Gasteiger partial charge is 0.220 e. The Hall–Kier alpha value is -2.01. The standard InChI is InChI=1S/C17H18ClNO4/c1-8-5-9(2)17(12(19)6-8)16(20)13-10(21-3)7-11(22-4)14(18)15(13)23-17/h6-7,9,19H,5H2,1-4H3. The van der Waals surface area contributed by atoms with Gasteiger partial charge >= 0.3 is 0 Å². The lowest BCUT2D eigenvalue weighted by molar-refractivity contribution is 0.0604. The van der Waals surface area contributed by atoms with Crippen molar-refractivity contribution in [2.45, 2.75) is 25.9 Å². The quantitative estimate of drug-likeness (QED) is 0.895. The van der Waals surface area contributed by atoms with Crippen LogP contribution in [0.15, 0.2) is 17.7 Å². The molecule has 0 bridgehead atoms. The van der Waals surface area contributed by atoms with Crippen LogP contribution in [0.5, 0.6) is 17.2 Å². The van der Waals surface area contributed by atoms with E-state index < -0.39 is 5.60 Å². The molecule has 3 rings (SSSR count). The normalized spacial score (nSPS) is 26.0. The number of fused-ring (bicyclic) bond motifs is 1. The number of Topliss-reactive ketones (excluding diaryl/α,β-unsaturated/α-hetero) is 1. The van der Waals surface area contributed by atoms with E-state index in [9.17, 15) is 4.79 Å². The van der Waals surface area contributed by atoms with E-state index in [0.717, 1.165) is 5.57 Å². The van der Waals surface area contributed by atoms with Crippen LogP contribution in [-0.4, -0.2) is 31.3 Å². The van der Waals surface area contributed by atoms with Crippen molar-refractivity contribution in [3.8, 4) is 17.2 Å². The minimum atomic E-state index is -1.34. The average molecular weight is 336 g/mol. The number of allylic oxidation sites excluding steroid dienone is 1. The van der Waals surface area contributed by atoms with Gasteiger partial charge in [0.25, 0.3) is 0 Å². The molecule has 23 heavy (non-hydrogen) atoms. The maximum atomic E-state index is 13.2. The van der Waals surface area contributed by atoms with E-state index in [0.29, 0.717) is 17.9 Å². The zero-order valence-corrected chi connectivity index (χ0v) is 14.2. The highest BCUT2D eigenvalue weighted by atomic mass is 35.5. The van der Waals surface area contributed by atoms with E-state index >= 15 is 0 Å². The second kappa shape index (κ2) is 5.27. The van der Waals surface area contributed by atoms with Crippen molar-refractivity contribution in [2.24, 2.45) is 5.92 Å². The molecule has 1 heterocycles. The number of carbonyl (C=O) groups is 1. The van der Waals surface area contributed by atoms with Crippen molar-refractivity contribution in [3.05, 3.63) is 28.3 Å². The van der Waals surface area contributed by atoms with Gasteiger partial charge < -0.3 is 19.6 Å². The van der Waals surface area contributed by atoms with Gasteiger partial charge in [-0.2, -0.15) is 0 Å². The molecule has 0 saturated heterocycles. The first-order chi connectivity index (χ1) is 10.9. The third kappa shape index (κ3) is 1.99. The molecular weight excluding hydrogens is 318 g/mol. The number of benzene rings is 1. The summed E-state index contributed by atoms with van der Waals surface area (Å²) >= 11 is 6.33. The predicted octanol–water partition coefficient (Wildman–Crippen LogP) is 3.68. The van der Waals surface area contributed by atoms with Crippen molar-refractivity contribution < 1.29 is 19.0 Å². The largest absolute Gasteiger partial charge is 0.496 e. The van der Waals surface area contributed by atoms with Crippen LogP contribution in [0.25, 0.3) is 0 Å². The number of hydrogen-bond acceptors (Lipinski definition) is 5. The summed E-state index contributed by atoms with van der Waals surface area (Å²) in [5, 5.41) is 8.58. The Morgan fingerprint density at radius 2 is 2.00 bits per heavy atom. The predicted molar refractivity (Wildman–Crippen MR) is 87.5 cm³/mol. The maximum Gasteiger partial charge on any atom is 0.220 e. The van der Waals surface area contributed by atoms with Crippen LogP contribution in [0.4, 0.5) is 0 Å². The van der Waals surface area contributed by atoms with Gasteiger partial charge in [0.1, 0.15) is 22.1 Å². The molecule has 1 aliphatic carbocycles. The van der Waals surface area contributed by atoms with Gasteiger partial charge in [-0.3, -0.25) is 4.79 Å². The fourth-order valence-electron chi connectivity index (χ4n) is 3.41. The molecule has 2 atom stereocenters. The Kier molecular flexibility index (Phi) is 3.64. The third-order valence-electron chi connectivity index (χ3n) is 4.53. The first-order valence-electron chi connectivity index (χ1n) is 7.31. The van der Waals surface area contributed by atoms with Gasteiger partial charge in [-0.15, -0.1) is 0 Å². The number of carbonyl (C=O) groups excluding carboxylic acids is 1. The molecule has 2 unspecified atom stereocenters. The molecule has 1 N–H and O–H groups in total. The number of halogens is 1. The molecule has 0 saturated carbocycles. The van der Waals surface area contributed by atoms with E-state index in [2.05, 4.69) is 0 Å². The van der Waals surface area contributed by atoms with Crippen LogP contribution in [0, 0.1) is 11.3 Å². The number of rotatable bonds is 2. The Morgan fingerprint density at radius 3 is 2.57 bits per heavy atom. The minimum absolute atomic E-state index is 0.145. The fraction of sp³-hybridized carbons (Fsp3) is 0.412. The molecule has 1 spiro atoms. The molecule has 6 heteroatoms. The number of ketones is 1. The summed E-state index contributed by atoms with van der Waals surface area (Å²) in [5.74, 6) is 0.488. The van der Waals surface area contributed by atoms with E-state index in [1.165, 1.54) is 14.2 Å². The molecule has 5 nitrogen and oxygen atoms in total. The summed E-state index contributed by atoms with van der Waals surface area (Å²) in [7, 11) is 2.96. The lowest BCUT2D eigenvalue weighted by Crippen LogP contribution is -2.54. The molecular formula is C17H18ClNO4. The van der Waals surface area contributed by atoms with Gasteiger partial charge in [-0.05, 0) is 19.4 Å². The van der Waals surface area contributed by atoms with E-state index in [-0.39, 0.29) is 33.7 Å². The van der Waals surface area contributed by atoms with Gasteiger partial charge in [-0.1, -0.05) is 24.1 Å². The molecule has 0 radical (unpaired) electrons. The molecule has 122 valence electrons. The van der Waals surface area contributed by atoms with Crippen LogP contribution in [-0.2, 0) is 0 Å². The highest BCUT2D eigenvalue weighted by Gasteiger charge is 2.57. The summed E-state index contributed by atoms with van der Waals surface area (Å²) < 4.78 is 16.6. The van der Waals surface area contributed by atoms with Crippen LogP contribution in [0.2, 0.25) is 5.02 Å². The van der Waals surface area contributed by atoms with Gasteiger partial charge in [-0.25, -0.2) is 0 Å². The maximum absolute atomic E-state index is 13.2. The van der Waals surface area contributed by atoms with E-state index in [4.69, 9.17) is 31.2 Å². The van der Waals surface area contributed by atoms with Crippen LogP contribution < -0.4 is 14.2 Å². The topological polar surface area (TPSA) is 68.6 Å². The van der Waals surface area contributed by atoms with Crippen molar-refractivity contribution in [2.75, 3.05) is 14.2 Å². The van der Waals surface area contributed by atoms with Crippen molar-refractivity contribution in [1.82, 2.24) is 0 Å². The second-order valence-corrected chi connectivity index (χ2v) is 6.35. The van der Waals surface area contributed by atoms with Crippen LogP contribution >= 0.6 is 11.6 Å². The van der Waals surface area contributed by atoms with E-state index in [1.54, 1.807) is 12.1 Å². The molecule has 1 aromatic carbocycles. The lowest BCUT2D eigenvalue weighted by atomic mass is 9.73. The zero-order chi connectivity index (χ0) is 16.9. The van der Waals surface area contributed by atoms with Gasteiger partial charge in [0.15, 0.2) is 5.75 Å². The SMILES string of the molecule is COc1cc(OC)c2c(c1Cl)OC1(C(=N)C=C(C)CC1C)C2=O. The molecule has 1 aliphatic heterocycles. The Morgan fingerprint density at radius 1 is 1.35 bits per heavy atom. The summed E-state index contributed by atoms with van der Waals surface area (Å²) in [6.45, 7) is 3.85. The minimum Gasteiger partial charge on any atom is -0.496 e. The van der Waals surface area contributed by atoms with Crippen molar-refractivity contribution in [1.29, 1.82) is 5.41 Å². The molecule has 1 aromatic rings. The first-order valence-corrected chi connectivity index (χ1v) is 7.69. The fourth-order valence-corrected chi connectivity index (χ4v) is 3.67. The van der Waals surface area contributed by atoms with Gasteiger partial charge in [0.05, 0.1) is 19.9 Å². The van der Waals surface area contributed by atoms with Gasteiger partial charge in [0.2, 0.25) is 11.4 Å². The van der Waals surface area contributed by atoms with Crippen molar-refractivity contribution in [3.63, 3.8) is 0 Å². The number of methoxy groups -OCH3 is 2. The van der Waals surface area contributed by atoms with E-state index in [1.807, 2.05) is 13.8 Å². The summed E-state index contributed by atoms with van der Waals surface area (Å²) in [5.41, 5.74) is 0.136. The monoisotopic (exact) mass is 335 g/mol. The number of nitrogens with one attached hydrogen (secondary N) is 1. The average Bonchev–Trinajstić information content (AvgIpc) is 2.82. The number of hydrogen-bond donors (Lipinski definition) is 1. The number of ether oxygens (including phenoxy) is 3. The molecule has 0 fully saturated rings.